The van der Waals surface area contributed by atoms with Crippen LogP contribution in [0.4, 0.5) is 0 Å². The van der Waals surface area contributed by atoms with Crippen LogP contribution in [0, 0.1) is 11.8 Å². The first-order chi connectivity index (χ1) is 8.06. The molecule has 17 heavy (non-hydrogen) atoms. The first-order valence-electron chi connectivity index (χ1n) is 6.80. The first kappa shape index (κ1) is 12.6. The summed E-state index contributed by atoms with van der Waals surface area (Å²) >= 11 is 0. The Bertz CT molecular complexity index is 366. The van der Waals surface area contributed by atoms with E-state index in [-0.39, 0.29) is 0 Å². The fourth-order valence-corrected chi connectivity index (χ4v) is 2.84. The third kappa shape index (κ3) is 2.71. The van der Waals surface area contributed by atoms with Gasteiger partial charge in [0.1, 0.15) is 0 Å². The molecule has 2 atom stereocenters. The van der Waals surface area contributed by atoms with Crippen molar-refractivity contribution in [2.24, 2.45) is 11.8 Å². The van der Waals surface area contributed by atoms with E-state index in [0.29, 0.717) is 5.41 Å². The quantitative estimate of drug-likeness (QED) is 0.819. The zero-order valence-electron chi connectivity index (χ0n) is 11.6. The summed E-state index contributed by atoms with van der Waals surface area (Å²) < 4.78 is 0. The van der Waals surface area contributed by atoms with E-state index in [1.54, 1.807) is 0 Å². The lowest BCUT2D eigenvalue weighted by atomic mass is 9.93. The Morgan fingerprint density at radius 1 is 1.29 bits per heavy atom. The van der Waals surface area contributed by atoms with Crippen molar-refractivity contribution in [3.63, 3.8) is 0 Å². The molecule has 1 nitrogen and oxygen atoms in total. The molecule has 1 N–H and O–H groups in total. The highest BCUT2D eigenvalue weighted by Gasteiger charge is 2.50. The summed E-state index contributed by atoms with van der Waals surface area (Å²) in [6.07, 6.45) is 2.52. The molecule has 1 aliphatic rings. The summed E-state index contributed by atoms with van der Waals surface area (Å²) in [5, 5.41) is 3.29. The van der Waals surface area contributed by atoms with Crippen molar-refractivity contribution in [1.82, 2.24) is 5.32 Å². The van der Waals surface area contributed by atoms with Crippen LogP contribution in [-0.2, 0) is 11.8 Å². The van der Waals surface area contributed by atoms with Gasteiger partial charge in [-0.05, 0) is 54.8 Å². The number of benzene rings is 1. The topological polar surface area (TPSA) is 12.0 Å². The zero-order valence-corrected chi connectivity index (χ0v) is 11.6. The Labute approximate surface area is 106 Å². The van der Waals surface area contributed by atoms with Gasteiger partial charge in [-0.1, -0.05) is 45.0 Å². The van der Waals surface area contributed by atoms with Crippen LogP contribution in [-0.4, -0.2) is 13.6 Å². The molecule has 0 aliphatic heterocycles. The van der Waals surface area contributed by atoms with Crippen molar-refractivity contribution in [3.8, 4) is 0 Å². The molecule has 1 fully saturated rings. The van der Waals surface area contributed by atoms with E-state index in [1.807, 2.05) is 7.05 Å². The zero-order chi connectivity index (χ0) is 12.5. The molecule has 1 aromatic carbocycles. The van der Waals surface area contributed by atoms with Gasteiger partial charge in [0.15, 0.2) is 0 Å². The highest BCUT2D eigenvalue weighted by molar-refractivity contribution is 5.35. The molecule has 0 bridgehead atoms. The van der Waals surface area contributed by atoms with E-state index in [1.165, 1.54) is 24.0 Å². The van der Waals surface area contributed by atoms with Crippen molar-refractivity contribution >= 4 is 0 Å². The smallest absolute Gasteiger partial charge is 0.00148 e. The Morgan fingerprint density at radius 3 is 2.47 bits per heavy atom. The minimum atomic E-state index is 0.430. The normalized spacial score (nSPS) is 27.5. The van der Waals surface area contributed by atoms with E-state index < -0.39 is 0 Å². The van der Waals surface area contributed by atoms with Gasteiger partial charge in [-0.3, -0.25) is 0 Å². The Balaban J connectivity index is 2.04. The SMILES string of the molecule is CNCC1CC1(C)c1ccc(CC(C)C)cc1. The maximum Gasteiger partial charge on any atom is -0.00148 e. The largest absolute Gasteiger partial charge is 0.319 e. The number of hydrogen-bond donors (Lipinski definition) is 1. The van der Waals surface area contributed by atoms with Crippen LogP contribution in [0.1, 0.15) is 38.3 Å². The molecule has 0 saturated heterocycles. The molecule has 0 heterocycles. The third-order valence-electron chi connectivity index (χ3n) is 4.12. The number of nitrogens with one attached hydrogen (secondary N) is 1. The Morgan fingerprint density at radius 2 is 1.94 bits per heavy atom. The minimum absolute atomic E-state index is 0.430. The summed E-state index contributed by atoms with van der Waals surface area (Å²) in [6.45, 7) is 8.09. The van der Waals surface area contributed by atoms with Gasteiger partial charge in [0.2, 0.25) is 0 Å². The second-order valence-corrected chi connectivity index (χ2v) is 6.17. The van der Waals surface area contributed by atoms with Crippen molar-refractivity contribution in [3.05, 3.63) is 35.4 Å². The van der Waals surface area contributed by atoms with Crippen molar-refractivity contribution in [2.75, 3.05) is 13.6 Å². The van der Waals surface area contributed by atoms with Crippen LogP contribution in [0.3, 0.4) is 0 Å². The molecule has 0 radical (unpaired) electrons. The van der Waals surface area contributed by atoms with Crippen LogP contribution in [0.25, 0.3) is 0 Å². The number of rotatable bonds is 5. The van der Waals surface area contributed by atoms with Gasteiger partial charge in [0.05, 0.1) is 0 Å². The van der Waals surface area contributed by atoms with Crippen LogP contribution in [0.5, 0.6) is 0 Å². The van der Waals surface area contributed by atoms with Crippen LogP contribution in [0.2, 0.25) is 0 Å². The van der Waals surface area contributed by atoms with Crippen molar-refractivity contribution in [2.45, 2.75) is 39.0 Å². The minimum Gasteiger partial charge on any atom is -0.319 e. The van der Waals surface area contributed by atoms with Gasteiger partial charge in [0.25, 0.3) is 0 Å². The molecule has 2 unspecified atom stereocenters. The Kier molecular flexibility index (Phi) is 3.58. The highest BCUT2D eigenvalue weighted by Crippen LogP contribution is 2.53. The van der Waals surface area contributed by atoms with E-state index in [4.69, 9.17) is 0 Å². The lowest BCUT2D eigenvalue weighted by Crippen LogP contribution is -2.15. The van der Waals surface area contributed by atoms with Crippen molar-refractivity contribution in [1.29, 1.82) is 0 Å². The van der Waals surface area contributed by atoms with Crippen LogP contribution in [0.15, 0.2) is 24.3 Å². The van der Waals surface area contributed by atoms with Crippen molar-refractivity contribution < 1.29 is 0 Å². The fourth-order valence-electron chi connectivity index (χ4n) is 2.84. The summed E-state index contributed by atoms with van der Waals surface area (Å²) in [4.78, 5) is 0. The fraction of sp³-hybridized carbons (Fsp3) is 0.625. The molecule has 1 aromatic rings. The van der Waals surface area contributed by atoms with Gasteiger partial charge in [-0.2, -0.15) is 0 Å². The van der Waals surface area contributed by atoms with Crippen LogP contribution >= 0.6 is 0 Å². The molecule has 94 valence electrons. The summed E-state index contributed by atoms with van der Waals surface area (Å²) in [6, 6.07) is 9.31. The molecule has 1 aliphatic carbocycles. The van der Waals surface area contributed by atoms with E-state index in [0.717, 1.165) is 18.4 Å². The third-order valence-corrected chi connectivity index (χ3v) is 4.12. The summed E-state index contributed by atoms with van der Waals surface area (Å²) in [5.74, 6) is 1.57. The van der Waals surface area contributed by atoms with Gasteiger partial charge in [-0.15, -0.1) is 0 Å². The first-order valence-corrected chi connectivity index (χ1v) is 6.80. The monoisotopic (exact) mass is 231 g/mol. The second kappa shape index (κ2) is 4.81. The second-order valence-electron chi connectivity index (χ2n) is 6.17. The highest BCUT2D eigenvalue weighted by atomic mass is 14.8. The molecule has 2 rings (SSSR count). The van der Waals surface area contributed by atoms with Gasteiger partial charge in [0, 0.05) is 0 Å². The molecule has 1 saturated carbocycles. The van der Waals surface area contributed by atoms with Gasteiger partial charge < -0.3 is 5.32 Å². The van der Waals surface area contributed by atoms with E-state index >= 15 is 0 Å². The Hall–Kier alpha value is -0.820. The maximum absolute atomic E-state index is 3.29. The number of hydrogen-bond acceptors (Lipinski definition) is 1. The van der Waals surface area contributed by atoms with E-state index in [2.05, 4.69) is 50.4 Å². The molecule has 0 spiro atoms. The predicted molar refractivity (Wildman–Crippen MR) is 74.4 cm³/mol. The molecule has 0 amide bonds. The lowest BCUT2D eigenvalue weighted by molar-refractivity contribution is 0.616. The molecule has 1 heteroatoms. The average Bonchev–Trinajstić information content (AvgIpc) is 2.91. The predicted octanol–water partition coefficient (Wildman–Crippen LogP) is 3.38. The van der Waals surface area contributed by atoms with Gasteiger partial charge in [-0.25, -0.2) is 0 Å². The molecular formula is C16H25N. The molecule has 0 aromatic heterocycles. The van der Waals surface area contributed by atoms with Crippen LogP contribution < -0.4 is 5.32 Å². The lowest BCUT2D eigenvalue weighted by Gasteiger charge is -2.13. The van der Waals surface area contributed by atoms with E-state index in [9.17, 15) is 0 Å². The summed E-state index contributed by atoms with van der Waals surface area (Å²) in [7, 11) is 2.05. The average molecular weight is 231 g/mol. The maximum atomic E-state index is 3.29. The standard InChI is InChI=1S/C16H25N/c1-12(2)9-13-5-7-14(8-6-13)16(3)10-15(16)11-17-4/h5-8,12,15,17H,9-11H2,1-4H3. The van der Waals surface area contributed by atoms with Gasteiger partial charge >= 0.3 is 0 Å². The summed E-state index contributed by atoms with van der Waals surface area (Å²) in [5.41, 5.74) is 3.42. The molecular weight excluding hydrogens is 206 g/mol.